The van der Waals surface area contributed by atoms with Crippen LogP contribution >= 0.6 is 15.9 Å². The second-order valence-corrected chi connectivity index (χ2v) is 3.56. The summed E-state index contributed by atoms with van der Waals surface area (Å²) in [6, 6.07) is 7.57. The number of benzene rings is 1. The van der Waals surface area contributed by atoms with Gasteiger partial charge in [-0.1, -0.05) is 28.1 Å². The molecule has 3 heteroatoms. The van der Waals surface area contributed by atoms with Gasteiger partial charge in [0.1, 0.15) is 0 Å². The maximum absolute atomic E-state index is 11.4. The van der Waals surface area contributed by atoms with E-state index in [4.69, 9.17) is 0 Å². The third-order valence-electron chi connectivity index (χ3n) is 2.08. The van der Waals surface area contributed by atoms with Gasteiger partial charge in [-0.3, -0.25) is 9.78 Å². The normalized spacial score (nSPS) is 10.4. The quantitative estimate of drug-likeness (QED) is 0.606. The summed E-state index contributed by atoms with van der Waals surface area (Å²) >= 11 is 3.15. The lowest BCUT2D eigenvalue weighted by molar-refractivity contribution is 0.102. The van der Waals surface area contributed by atoms with Gasteiger partial charge in [0, 0.05) is 23.3 Å². The molecular weight excluding hydrogens is 242 g/mol. The number of pyridine rings is 1. The monoisotopic (exact) mass is 249 g/mol. The number of carbonyl (C=O) groups excluding carboxylic acids is 1. The van der Waals surface area contributed by atoms with E-state index in [-0.39, 0.29) is 5.78 Å². The van der Waals surface area contributed by atoms with Crippen molar-refractivity contribution in [1.29, 1.82) is 0 Å². The Balaban J connectivity index is 2.56. The van der Waals surface area contributed by atoms with E-state index in [0.717, 1.165) is 16.3 Å². The third kappa shape index (κ3) is 1.68. The molecule has 1 aromatic carbocycles. The van der Waals surface area contributed by atoms with E-state index < -0.39 is 0 Å². The number of hydrogen-bond donors (Lipinski definition) is 0. The Morgan fingerprint density at radius 3 is 2.93 bits per heavy atom. The minimum absolute atomic E-state index is 0.0933. The van der Waals surface area contributed by atoms with Crippen LogP contribution in [0.3, 0.4) is 0 Å². The number of fused-ring (bicyclic) bond motifs is 1. The van der Waals surface area contributed by atoms with E-state index in [9.17, 15) is 4.79 Å². The topological polar surface area (TPSA) is 30.0 Å². The Morgan fingerprint density at radius 2 is 2.14 bits per heavy atom. The molecular formula is C11H8BrNO. The predicted molar refractivity (Wildman–Crippen MR) is 59.9 cm³/mol. The molecule has 14 heavy (non-hydrogen) atoms. The first kappa shape index (κ1) is 9.34. The van der Waals surface area contributed by atoms with Crippen LogP contribution in [-0.4, -0.2) is 16.1 Å². The van der Waals surface area contributed by atoms with E-state index in [1.165, 1.54) is 0 Å². The van der Waals surface area contributed by atoms with E-state index >= 15 is 0 Å². The molecule has 0 fully saturated rings. The minimum Gasteiger partial charge on any atom is -0.293 e. The van der Waals surface area contributed by atoms with Crippen molar-refractivity contribution >= 4 is 32.5 Å². The van der Waals surface area contributed by atoms with Crippen LogP contribution in [0.2, 0.25) is 0 Å². The Hall–Kier alpha value is -1.22. The smallest absolute Gasteiger partial charge is 0.173 e. The number of nitrogens with zero attached hydrogens (tertiary/aromatic N) is 1. The van der Waals surface area contributed by atoms with Crippen molar-refractivity contribution in [3.8, 4) is 0 Å². The first-order chi connectivity index (χ1) is 6.81. The maximum atomic E-state index is 11.4. The van der Waals surface area contributed by atoms with E-state index in [2.05, 4.69) is 20.9 Å². The third-order valence-corrected chi connectivity index (χ3v) is 2.59. The zero-order valence-corrected chi connectivity index (χ0v) is 8.99. The molecule has 0 aliphatic carbocycles. The van der Waals surface area contributed by atoms with Gasteiger partial charge in [0.15, 0.2) is 5.78 Å². The molecule has 70 valence electrons. The molecule has 0 saturated heterocycles. The highest BCUT2D eigenvalue weighted by molar-refractivity contribution is 9.09. The summed E-state index contributed by atoms with van der Waals surface area (Å²) in [5.74, 6) is 0.0933. The Labute approximate surface area is 90.1 Å². The van der Waals surface area contributed by atoms with E-state index in [0.29, 0.717) is 5.33 Å². The van der Waals surface area contributed by atoms with Crippen LogP contribution in [0.25, 0.3) is 10.8 Å². The summed E-state index contributed by atoms with van der Waals surface area (Å²) in [6.45, 7) is 0. The van der Waals surface area contributed by atoms with Crippen LogP contribution < -0.4 is 0 Å². The molecule has 2 nitrogen and oxygen atoms in total. The van der Waals surface area contributed by atoms with Crippen molar-refractivity contribution in [3.05, 3.63) is 42.2 Å². The molecule has 2 rings (SSSR count). The summed E-state index contributed by atoms with van der Waals surface area (Å²) in [4.78, 5) is 15.4. The van der Waals surface area contributed by atoms with Gasteiger partial charge in [0.25, 0.3) is 0 Å². The summed E-state index contributed by atoms with van der Waals surface area (Å²) in [5.41, 5.74) is 0.724. The average Bonchev–Trinajstić information content (AvgIpc) is 2.27. The van der Waals surface area contributed by atoms with Crippen LogP contribution in [0, 0.1) is 0 Å². The lowest BCUT2D eigenvalue weighted by Gasteiger charge is -1.99. The fraction of sp³-hybridized carbons (Fsp3) is 0.0909. The molecule has 0 N–H and O–H groups in total. The number of Topliss-reactive ketones (excluding diaryl/α,β-unsaturated/α-hetero) is 1. The molecule has 0 atom stereocenters. The van der Waals surface area contributed by atoms with Gasteiger partial charge in [-0.05, 0) is 17.5 Å². The van der Waals surface area contributed by atoms with Gasteiger partial charge in [-0.25, -0.2) is 0 Å². The van der Waals surface area contributed by atoms with Crippen molar-refractivity contribution in [3.63, 3.8) is 0 Å². The molecule has 1 heterocycles. The van der Waals surface area contributed by atoms with Crippen molar-refractivity contribution in [1.82, 2.24) is 4.98 Å². The van der Waals surface area contributed by atoms with Crippen LogP contribution in [0.15, 0.2) is 36.7 Å². The van der Waals surface area contributed by atoms with Gasteiger partial charge in [0.2, 0.25) is 0 Å². The molecule has 0 aliphatic rings. The fourth-order valence-electron chi connectivity index (χ4n) is 1.34. The Kier molecular flexibility index (Phi) is 2.59. The zero-order valence-electron chi connectivity index (χ0n) is 7.40. The molecule has 0 radical (unpaired) electrons. The maximum Gasteiger partial charge on any atom is 0.173 e. The first-order valence-electron chi connectivity index (χ1n) is 4.24. The Bertz CT molecular complexity index is 481. The molecule has 0 aliphatic heterocycles. The molecule has 2 aromatic rings. The number of rotatable bonds is 2. The predicted octanol–water partition coefficient (Wildman–Crippen LogP) is 2.81. The highest BCUT2D eigenvalue weighted by Gasteiger charge is 2.03. The van der Waals surface area contributed by atoms with Crippen molar-refractivity contribution in [2.45, 2.75) is 0 Å². The zero-order chi connectivity index (χ0) is 9.97. The number of hydrogen-bond acceptors (Lipinski definition) is 2. The van der Waals surface area contributed by atoms with Crippen LogP contribution in [0.1, 0.15) is 10.4 Å². The Morgan fingerprint density at radius 1 is 1.29 bits per heavy atom. The van der Waals surface area contributed by atoms with Crippen molar-refractivity contribution < 1.29 is 4.79 Å². The second kappa shape index (κ2) is 3.88. The summed E-state index contributed by atoms with van der Waals surface area (Å²) in [7, 11) is 0. The van der Waals surface area contributed by atoms with Gasteiger partial charge >= 0.3 is 0 Å². The molecule has 0 spiro atoms. The minimum atomic E-state index is 0.0933. The molecule has 0 saturated carbocycles. The van der Waals surface area contributed by atoms with E-state index in [1.807, 2.05) is 24.3 Å². The lowest BCUT2D eigenvalue weighted by Crippen LogP contribution is -1.99. The van der Waals surface area contributed by atoms with Crippen LogP contribution in [0.4, 0.5) is 0 Å². The molecule has 0 amide bonds. The average molecular weight is 250 g/mol. The number of ketones is 1. The number of carbonyl (C=O) groups is 1. The van der Waals surface area contributed by atoms with Crippen molar-refractivity contribution in [2.24, 2.45) is 0 Å². The largest absolute Gasteiger partial charge is 0.293 e. The lowest BCUT2D eigenvalue weighted by atomic mass is 10.1. The van der Waals surface area contributed by atoms with E-state index in [1.54, 1.807) is 12.4 Å². The fourth-order valence-corrected chi connectivity index (χ4v) is 1.66. The number of aromatic nitrogens is 1. The standard InChI is InChI=1S/C11H8BrNO/c12-6-11(14)9-2-1-8-3-4-13-7-10(8)5-9/h1-5,7H,6H2. The summed E-state index contributed by atoms with van der Waals surface area (Å²) < 4.78 is 0. The van der Waals surface area contributed by atoms with Gasteiger partial charge in [0.05, 0.1) is 5.33 Å². The van der Waals surface area contributed by atoms with Crippen LogP contribution in [0.5, 0.6) is 0 Å². The highest BCUT2D eigenvalue weighted by atomic mass is 79.9. The molecule has 1 aromatic heterocycles. The summed E-state index contributed by atoms with van der Waals surface area (Å²) in [6.07, 6.45) is 3.51. The molecule has 0 unspecified atom stereocenters. The van der Waals surface area contributed by atoms with Crippen molar-refractivity contribution in [2.75, 3.05) is 5.33 Å². The van der Waals surface area contributed by atoms with Gasteiger partial charge in [-0.15, -0.1) is 0 Å². The van der Waals surface area contributed by atoms with Crippen LogP contribution in [-0.2, 0) is 0 Å². The summed E-state index contributed by atoms with van der Waals surface area (Å²) in [5, 5.41) is 2.46. The number of halogens is 1. The van der Waals surface area contributed by atoms with Gasteiger partial charge < -0.3 is 0 Å². The molecule has 0 bridgehead atoms. The SMILES string of the molecule is O=C(CBr)c1ccc2ccncc2c1. The first-order valence-corrected chi connectivity index (χ1v) is 5.36. The highest BCUT2D eigenvalue weighted by Crippen LogP contribution is 2.15. The van der Waals surface area contributed by atoms with Gasteiger partial charge in [-0.2, -0.15) is 0 Å². The second-order valence-electron chi connectivity index (χ2n) is 2.99. The number of alkyl halides is 1.